The van der Waals surface area contributed by atoms with Crippen molar-refractivity contribution in [1.29, 1.82) is 0 Å². The van der Waals surface area contributed by atoms with Crippen LogP contribution in [0.15, 0.2) is 24.7 Å². The number of pyridine rings is 1. The highest BCUT2D eigenvalue weighted by Gasteiger charge is 2.32. The van der Waals surface area contributed by atoms with Crippen molar-refractivity contribution in [2.24, 2.45) is 0 Å². The van der Waals surface area contributed by atoms with Crippen LogP contribution in [-0.2, 0) is 12.7 Å². The molecule has 106 valence electrons. The minimum absolute atomic E-state index is 0.0695. The van der Waals surface area contributed by atoms with Crippen molar-refractivity contribution in [2.75, 3.05) is 7.05 Å². The number of H-pyrrole nitrogens is 1. The summed E-state index contributed by atoms with van der Waals surface area (Å²) in [6, 6.07) is 1.87. The van der Waals surface area contributed by atoms with Crippen LogP contribution in [0.2, 0.25) is 0 Å². The third kappa shape index (κ3) is 3.11. The second kappa shape index (κ2) is 5.27. The highest BCUT2D eigenvalue weighted by molar-refractivity contribution is 5.93. The van der Waals surface area contributed by atoms with Gasteiger partial charge in [-0.3, -0.25) is 14.9 Å². The van der Waals surface area contributed by atoms with Crippen LogP contribution in [0, 0.1) is 0 Å². The van der Waals surface area contributed by atoms with Crippen LogP contribution in [0.25, 0.3) is 0 Å². The van der Waals surface area contributed by atoms with Gasteiger partial charge in [0.2, 0.25) is 0 Å². The number of aromatic nitrogens is 4. The van der Waals surface area contributed by atoms with Gasteiger partial charge in [-0.05, 0) is 12.1 Å². The second-order valence-electron chi connectivity index (χ2n) is 4.02. The van der Waals surface area contributed by atoms with E-state index in [0.717, 1.165) is 18.3 Å². The highest BCUT2D eigenvalue weighted by Crippen LogP contribution is 2.27. The normalized spacial score (nSPS) is 11.4. The van der Waals surface area contributed by atoms with E-state index in [0.29, 0.717) is 5.82 Å². The van der Waals surface area contributed by atoms with Gasteiger partial charge < -0.3 is 4.90 Å². The van der Waals surface area contributed by atoms with E-state index in [1.807, 2.05) is 0 Å². The first-order chi connectivity index (χ1) is 9.38. The Balaban J connectivity index is 2.09. The van der Waals surface area contributed by atoms with Gasteiger partial charge in [0.15, 0.2) is 0 Å². The zero-order chi connectivity index (χ0) is 14.8. The Bertz CT molecular complexity index is 579. The summed E-state index contributed by atoms with van der Waals surface area (Å²) >= 11 is 0. The van der Waals surface area contributed by atoms with E-state index < -0.39 is 17.8 Å². The number of hydrogen-bond donors (Lipinski definition) is 1. The molecule has 0 aliphatic rings. The number of hydrogen-bond acceptors (Lipinski definition) is 4. The minimum atomic E-state index is -4.52. The molecule has 20 heavy (non-hydrogen) atoms. The molecule has 0 aromatic carbocycles. The number of alkyl halides is 3. The molecule has 9 heteroatoms. The molecular formula is C11H10F3N5O. The number of nitrogens with zero attached hydrogens (tertiary/aromatic N) is 4. The molecule has 0 fully saturated rings. The molecule has 0 saturated carbocycles. The Labute approximate surface area is 111 Å². The Morgan fingerprint density at radius 2 is 2.10 bits per heavy atom. The molecule has 0 radical (unpaired) electrons. The molecule has 1 N–H and O–H groups in total. The number of carbonyl (C=O) groups is 1. The lowest BCUT2D eigenvalue weighted by atomic mass is 10.2. The Hall–Kier alpha value is -2.45. The van der Waals surface area contributed by atoms with E-state index in [9.17, 15) is 18.0 Å². The number of carbonyl (C=O) groups excluding carboxylic acids is 1. The number of amides is 1. The number of aromatic amines is 1. The molecule has 2 aromatic rings. The third-order valence-corrected chi connectivity index (χ3v) is 2.50. The largest absolute Gasteiger partial charge is 0.433 e. The quantitative estimate of drug-likeness (QED) is 0.927. The van der Waals surface area contributed by atoms with Gasteiger partial charge in [0, 0.05) is 13.2 Å². The van der Waals surface area contributed by atoms with Gasteiger partial charge in [-0.2, -0.15) is 18.3 Å². The molecule has 0 atom stereocenters. The summed E-state index contributed by atoms with van der Waals surface area (Å²) in [6.45, 7) is 0.167. The second-order valence-corrected chi connectivity index (χ2v) is 4.02. The van der Waals surface area contributed by atoms with E-state index in [-0.39, 0.29) is 12.1 Å². The van der Waals surface area contributed by atoms with E-state index in [2.05, 4.69) is 20.2 Å². The van der Waals surface area contributed by atoms with Crippen molar-refractivity contribution in [3.05, 3.63) is 41.7 Å². The summed E-state index contributed by atoms with van der Waals surface area (Å²) in [5.41, 5.74) is -0.966. The zero-order valence-electron chi connectivity index (χ0n) is 10.3. The maximum Gasteiger partial charge on any atom is 0.433 e. The van der Waals surface area contributed by atoms with E-state index >= 15 is 0 Å². The van der Waals surface area contributed by atoms with Crippen LogP contribution in [0.4, 0.5) is 13.2 Å². The molecule has 2 heterocycles. The molecule has 2 aromatic heterocycles. The van der Waals surface area contributed by atoms with Crippen molar-refractivity contribution in [2.45, 2.75) is 12.7 Å². The first-order valence-corrected chi connectivity index (χ1v) is 5.51. The van der Waals surface area contributed by atoms with Gasteiger partial charge in [0.25, 0.3) is 5.91 Å². The van der Waals surface area contributed by atoms with Gasteiger partial charge in [-0.1, -0.05) is 0 Å². The molecule has 2 rings (SSSR count). The topological polar surface area (TPSA) is 74.8 Å². The molecule has 1 amide bonds. The Morgan fingerprint density at radius 1 is 1.35 bits per heavy atom. The average Bonchev–Trinajstić information content (AvgIpc) is 2.90. The van der Waals surface area contributed by atoms with Crippen molar-refractivity contribution in [3.63, 3.8) is 0 Å². The maximum atomic E-state index is 12.4. The van der Waals surface area contributed by atoms with Gasteiger partial charge in [-0.25, -0.2) is 4.98 Å². The molecule has 6 nitrogen and oxygen atoms in total. The van der Waals surface area contributed by atoms with E-state index in [4.69, 9.17) is 0 Å². The fraction of sp³-hybridized carbons (Fsp3) is 0.273. The van der Waals surface area contributed by atoms with Crippen molar-refractivity contribution in [3.8, 4) is 0 Å². The predicted molar refractivity (Wildman–Crippen MR) is 61.4 cm³/mol. The fourth-order valence-corrected chi connectivity index (χ4v) is 1.51. The van der Waals surface area contributed by atoms with E-state index in [1.54, 1.807) is 0 Å². The molecule has 0 unspecified atom stereocenters. The van der Waals surface area contributed by atoms with Gasteiger partial charge in [0.1, 0.15) is 17.8 Å². The lowest BCUT2D eigenvalue weighted by Crippen LogP contribution is -2.27. The Kier molecular flexibility index (Phi) is 3.68. The lowest BCUT2D eigenvalue weighted by molar-refractivity contribution is -0.141. The molecule has 0 bridgehead atoms. The standard InChI is InChI=1S/C11H10F3N5O/c1-19(5-9-16-6-17-18-9)10(20)7-2-3-8(15-4-7)11(12,13)14/h2-4,6H,5H2,1H3,(H,16,17,18). The molecule has 0 spiro atoms. The number of rotatable bonds is 3. The SMILES string of the molecule is CN(Cc1ncn[nH]1)C(=O)c1ccc(C(F)(F)F)nc1. The molecule has 0 aliphatic heterocycles. The molecule has 0 aliphatic carbocycles. The highest BCUT2D eigenvalue weighted by atomic mass is 19.4. The lowest BCUT2D eigenvalue weighted by Gasteiger charge is -2.15. The monoisotopic (exact) mass is 285 g/mol. The van der Waals surface area contributed by atoms with Gasteiger partial charge in [-0.15, -0.1) is 0 Å². The van der Waals surface area contributed by atoms with E-state index in [1.165, 1.54) is 18.3 Å². The fourth-order valence-electron chi connectivity index (χ4n) is 1.51. The van der Waals surface area contributed by atoms with Crippen molar-refractivity contribution in [1.82, 2.24) is 25.1 Å². The molecule has 0 saturated heterocycles. The van der Waals surface area contributed by atoms with Crippen LogP contribution in [0.3, 0.4) is 0 Å². The summed E-state index contributed by atoms with van der Waals surface area (Å²) in [5, 5.41) is 6.22. The summed E-state index contributed by atoms with van der Waals surface area (Å²) in [5.74, 6) is 0.0170. The van der Waals surface area contributed by atoms with Crippen LogP contribution in [-0.4, -0.2) is 38.0 Å². The van der Waals surface area contributed by atoms with Gasteiger partial charge >= 0.3 is 6.18 Å². The van der Waals surface area contributed by atoms with Crippen molar-refractivity contribution >= 4 is 5.91 Å². The first-order valence-electron chi connectivity index (χ1n) is 5.51. The zero-order valence-corrected chi connectivity index (χ0v) is 10.3. The molecular weight excluding hydrogens is 275 g/mol. The number of halogens is 3. The predicted octanol–water partition coefficient (Wildman–Crippen LogP) is 1.49. The van der Waals surface area contributed by atoms with Crippen LogP contribution >= 0.6 is 0 Å². The average molecular weight is 285 g/mol. The van der Waals surface area contributed by atoms with Crippen LogP contribution in [0.1, 0.15) is 21.9 Å². The summed E-state index contributed by atoms with van der Waals surface area (Å²) in [4.78, 5) is 20.4. The minimum Gasteiger partial charge on any atom is -0.334 e. The summed E-state index contributed by atoms with van der Waals surface area (Å²) < 4.78 is 37.1. The summed E-state index contributed by atoms with van der Waals surface area (Å²) in [6.07, 6.45) is -2.32. The summed E-state index contributed by atoms with van der Waals surface area (Å²) in [7, 11) is 1.50. The Morgan fingerprint density at radius 3 is 2.60 bits per heavy atom. The number of nitrogens with one attached hydrogen (secondary N) is 1. The smallest absolute Gasteiger partial charge is 0.334 e. The van der Waals surface area contributed by atoms with Crippen LogP contribution < -0.4 is 0 Å². The first kappa shape index (κ1) is 14.0. The maximum absolute atomic E-state index is 12.4. The van der Waals surface area contributed by atoms with Crippen LogP contribution in [0.5, 0.6) is 0 Å². The van der Waals surface area contributed by atoms with Gasteiger partial charge in [0.05, 0.1) is 12.1 Å². The third-order valence-electron chi connectivity index (χ3n) is 2.50. The van der Waals surface area contributed by atoms with Crippen molar-refractivity contribution < 1.29 is 18.0 Å².